The SMILES string of the molecule is CC(=O)C1=C(O)C(=O)N(CC(=O)O)C1c1ccc(Cl)cc1Cl. The quantitative estimate of drug-likeness (QED) is 0.874. The van der Waals surface area contributed by atoms with Crippen molar-refractivity contribution in [2.24, 2.45) is 0 Å². The fourth-order valence-electron chi connectivity index (χ4n) is 2.37. The van der Waals surface area contributed by atoms with Crippen LogP contribution in [0.2, 0.25) is 10.0 Å². The highest BCUT2D eigenvalue weighted by Crippen LogP contribution is 2.40. The van der Waals surface area contributed by atoms with Crippen molar-refractivity contribution >= 4 is 40.9 Å². The van der Waals surface area contributed by atoms with Crippen LogP contribution < -0.4 is 0 Å². The largest absolute Gasteiger partial charge is 0.503 e. The van der Waals surface area contributed by atoms with Crippen LogP contribution in [0.4, 0.5) is 0 Å². The summed E-state index contributed by atoms with van der Waals surface area (Å²) in [6.45, 7) is 0.503. The van der Waals surface area contributed by atoms with Crippen LogP contribution in [-0.4, -0.2) is 39.3 Å². The third-order valence-electron chi connectivity index (χ3n) is 3.25. The van der Waals surface area contributed by atoms with E-state index >= 15 is 0 Å². The Labute approximate surface area is 135 Å². The summed E-state index contributed by atoms with van der Waals surface area (Å²) in [7, 11) is 0. The van der Waals surface area contributed by atoms with Gasteiger partial charge in [-0.1, -0.05) is 29.3 Å². The van der Waals surface area contributed by atoms with Gasteiger partial charge < -0.3 is 15.1 Å². The number of nitrogens with zero attached hydrogens (tertiary/aromatic N) is 1. The number of aliphatic hydroxyl groups is 1. The number of carbonyl (C=O) groups is 3. The summed E-state index contributed by atoms with van der Waals surface area (Å²) in [6.07, 6.45) is 0. The second-order valence-electron chi connectivity index (χ2n) is 4.71. The molecule has 6 nitrogen and oxygen atoms in total. The fourth-order valence-corrected chi connectivity index (χ4v) is 2.88. The summed E-state index contributed by atoms with van der Waals surface area (Å²) in [4.78, 5) is 35.7. The molecule has 1 aliphatic heterocycles. The van der Waals surface area contributed by atoms with Gasteiger partial charge in [0.25, 0.3) is 5.91 Å². The van der Waals surface area contributed by atoms with Crippen LogP contribution in [0, 0.1) is 0 Å². The van der Waals surface area contributed by atoms with Gasteiger partial charge in [-0.3, -0.25) is 14.4 Å². The van der Waals surface area contributed by atoms with Gasteiger partial charge in [-0.25, -0.2) is 0 Å². The first kappa shape index (κ1) is 16.3. The summed E-state index contributed by atoms with van der Waals surface area (Å²) >= 11 is 11.9. The average Bonchev–Trinajstić information content (AvgIpc) is 2.63. The highest BCUT2D eigenvalue weighted by atomic mass is 35.5. The van der Waals surface area contributed by atoms with Crippen molar-refractivity contribution in [1.29, 1.82) is 0 Å². The van der Waals surface area contributed by atoms with E-state index in [2.05, 4.69) is 0 Å². The van der Waals surface area contributed by atoms with Crippen molar-refractivity contribution in [3.8, 4) is 0 Å². The van der Waals surface area contributed by atoms with Gasteiger partial charge >= 0.3 is 5.97 Å². The van der Waals surface area contributed by atoms with Crippen LogP contribution in [-0.2, 0) is 14.4 Å². The van der Waals surface area contributed by atoms with Gasteiger partial charge in [-0.15, -0.1) is 0 Å². The molecule has 0 aliphatic carbocycles. The predicted octanol–water partition coefficient (Wildman–Crippen LogP) is 2.36. The minimum absolute atomic E-state index is 0.161. The van der Waals surface area contributed by atoms with Gasteiger partial charge in [-0.2, -0.15) is 0 Å². The summed E-state index contributed by atoms with van der Waals surface area (Å²) < 4.78 is 0. The summed E-state index contributed by atoms with van der Waals surface area (Å²) in [5, 5.41) is 19.4. The Bertz CT molecular complexity index is 713. The lowest BCUT2D eigenvalue weighted by atomic mass is 9.96. The van der Waals surface area contributed by atoms with E-state index < -0.39 is 36.0 Å². The molecule has 0 spiro atoms. The number of halogens is 2. The Hall–Kier alpha value is -2.05. The van der Waals surface area contributed by atoms with E-state index in [0.717, 1.165) is 4.90 Å². The smallest absolute Gasteiger partial charge is 0.323 e. The minimum Gasteiger partial charge on any atom is -0.503 e. The van der Waals surface area contributed by atoms with Crippen molar-refractivity contribution in [3.05, 3.63) is 45.1 Å². The lowest BCUT2D eigenvalue weighted by Crippen LogP contribution is -2.35. The van der Waals surface area contributed by atoms with Crippen LogP contribution in [0.25, 0.3) is 0 Å². The van der Waals surface area contributed by atoms with Gasteiger partial charge in [0.1, 0.15) is 6.54 Å². The average molecular weight is 344 g/mol. The highest BCUT2D eigenvalue weighted by Gasteiger charge is 2.43. The highest BCUT2D eigenvalue weighted by molar-refractivity contribution is 6.35. The molecule has 1 amide bonds. The molecule has 8 heteroatoms. The number of ketones is 1. The molecule has 1 aromatic rings. The van der Waals surface area contributed by atoms with E-state index in [-0.39, 0.29) is 10.6 Å². The van der Waals surface area contributed by atoms with Crippen molar-refractivity contribution in [3.63, 3.8) is 0 Å². The van der Waals surface area contributed by atoms with Crippen LogP contribution in [0.3, 0.4) is 0 Å². The number of carbonyl (C=O) groups excluding carboxylic acids is 2. The second-order valence-corrected chi connectivity index (χ2v) is 5.56. The van der Waals surface area contributed by atoms with Crippen molar-refractivity contribution in [2.75, 3.05) is 6.54 Å². The zero-order chi connectivity index (χ0) is 16.6. The molecule has 1 atom stereocenters. The number of benzene rings is 1. The molecule has 22 heavy (non-hydrogen) atoms. The molecule has 2 rings (SSSR count). The molecule has 1 heterocycles. The van der Waals surface area contributed by atoms with Crippen LogP contribution in [0.5, 0.6) is 0 Å². The first-order valence-corrected chi connectivity index (χ1v) is 6.91. The van der Waals surface area contributed by atoms with Gasteiger partial charge in [0.15, 0.2) is 11.5 Å². The number of amides is 1. The van der Waals surface area contributed by atoms with Gasteiger partial charge in [0.05, 0.1) is 11.6 Å². The topological polar surface area (TPSA) is 94.9 Å². The monoisotopic (exact) mass is 343 g/mol. The van der Waals surface area contributed by atoms with E-state index in [1.165, 1.54) is 25.1 Å². The molecule has 1 aromatic carbocycles. The molecule has 1 aliphatic rings. The molecule has 0 bridgehead atoms. The van der Waals surface area contributed by atoms with E-state index in [0.29, 0.717) is 10.6 Å². The van der Waals surface area contributed by atoms with Gasteiger partial charge in [0.2, 0.25) is 0 Å². The number of carboxylic acids is 1. The lowest BCUT2D eigenvalue weighted by Gasteiger charge is -2.25. The molecule has 0 radical (unpaired) electrons. The van der Waals surface area contributed by atoms with Crippen LogP contribution in [0.15, 0.2) is 29.5 Å². The second kappa shape index (κ2) is 5.98. The zero-order valence-electron chi connectivity index (χ0n) is 11.3. The normalized spacial score (nSPS) is 18.0. The predicted molar refractivity (Wildman–Crippen MR) is 78.9 cm³/mol. The molecular formula is C14H11Cl2NO5. The first-order chi connectivity index (χ1) is 10.2. The Morgan fingerprint density at radius 1 is 1.32 bits per heavy atom. The summed E-state index contributed by atoms with van der Waals surface area (Å²) in [5.74, 6) is -3.51. The van der Waals surface area contributed by atoms with E-state index in [9.17, 15) is 19.5 Å². The van der Waals surface area contributed by atoms with Crippen LogP contribution >= 0.6 is 23.2 Å². The van der Waals surface area contributed by atoms with Crippen molar-refractivity contribution < 1.29 is 24.6 Å². The first-order valence-electron chi connectivity index (χ1n) is 6.15. The molecule has 1 unspecified atom stereocenters. The number of carboxylic acid groups (broad SMARTS) is 1. The Morgan fingerprint density at radius 3 is 2.45 bits per heavy atom. The fraction of sp³-hybridized carbons (Fsp3) is 0.214. The maximum atomic E-state index is 12.1. The minimum atomic E-state index is -1.28. The molecule has 116 valence electrons. The van der Waals surface area contributed by atoms with E-state index in [1.54, 1.807) is 0 Å². The van der Waals surface area contributed by atoms with Crippen molar-refractivity contribution in [2.45, 2.75) is 13.0 Å². The maximum Gasteiger partial charge on any atom is 0.323 e. The number of hydrogen-bond acceptors (Lipinski definition) is 4. The molecule has 0 aromatic heterocycles. The van der Waals surface area contributed by atoms with Gasteiger partial charge in [0, 0.05) is 10.0 Å². The van der Waals surface area contributed by atoms with Crippen molar-refractivity contribution in [1.82, 2.24) is 4.90 Å². The molecular weight excluding hydrogens is 333 g/mol. The number of aliphatic hydroxyl groups excluding tert-OH is 1. The summed E-state index contributed by atoms with van der Waals surface area (Å²) in [6, 6.07) is 3.33. The van der Waals surface area contributed by atoms with E-state index in [1.807, 2.05) is 0 Å². The van der Waals surface area contributed by atoms with E-state index in [4.69, 9.17) is 28.3 Å². The number of rotatable bonds is 4. The lowest BCUT2D eigenvalue weighted by molar-refractivity contribution is -0.144. The van der Waals surface area contributed by atoms with Crippen LogP contribution in [0.1, 0.15) is 18.5 Å². The number of aliphatic carboxylic acids is 1. The standard InChI is InChI=1S/C14H11Cl2NO5/c1-6(18)11-12(8-3-2-7(15)4-9(8)16)17(5-10(19)20)14(22)13(11)21/h2-4,12,21H,5H2,1H3,(H,19,20). The molecule has 0 saturated carbocycles. The third kappa shape index (κ3) is 2.80. The third-order valence-corrected chi connectivity index (χ3v) is 3.81. The number of Topliss-reactive ketones (excluding diaryl/α,β-unsaturated/α-hetero) is 1. The zero-order valence-corrected chi connectivity index (χ0v) is 12.9. The number of hydrogen-bond donors (Lipinski definition) is 2. The molecule has 2 N–H and O–H groups in total. The molecule has 0 saturated heterocycles. The summed E-state index contributed by atoms with van der Waals surface area (Å²) in [5.41, 5.74) is 0.130. The Kier molecular flexibility index (Phi) is 4.44. The Balaban J connectivity index is 2.61. The Morgan fingerprint density at radius 2 is 1.95 bits per heavy atom. The van der Waals surface area contributed by atoms with Gasteiger partial charge in [-0.05, 0) is 24.6 Å². The maximum absolute atomic E-state index is 12.1. The molecule has 0 fully saturated rings.